The highest BCUT2D eigenvalue weighted by atomic mass is 32.2. The summed E-state index contributed by atoms with van der Waals surface area (Å²) >= 11 is 1.34. The molecule has 158 valence electrons. The van der Waals surface area contributed by atoms with Crippen LogP contribution in [0.1, 0.15) is 44.4 Å². The molecule has 0 fully saturated rings. The summed E-state index contributed by atoms with van der Waals surface area (Å²) in [6.07, 6.45) is 0.896. The fourth-order valence-corrected chi connectivity index (χ4v) is 4.41. The topological polar surface area (TPSA) is 55.2 Å². The van der Waals surface area contributed by atoms with Gasteiger partial charge in [-0.1, -0.05) is 60.6 Å². The van der Waals surface area contributed by atoms with Gasteiger partial charge in [0.05, 0.1) is 16.7 Å². The van der Waals surface area contributed by atoms with Crippen molar-refractivity contribution in [1.29, 1.82) is 0 Å². The molecule has 0 bridgehead atoms. The van der Waals surface area contributed by atoms with Gasteiger partial charge in [-0.25, -0.2) is 4.98 Å². The number of hydrogen-bond acceptors (Lipinski definition) is 4. The normalized spacial score (nSPS) is 11.2. The van der Waals surface area contributed by atoms with Crippen LogP contribution in [0, 0.1) is 6.92 Å². The summed E-state index contributed by atoms with van der Waals surface area (Å²) in [5, 5.41) is 1.20. The highest BCUT2D eigenvalue weighted by Gasteiger charge is 2.18. The van der Waals surface area contributed by atoms with Gasteiger partial charge in [-0.05, 0) is 44.9 Å². The molecule has 0 unspecified atom stereocenters. The second-order valence-corrected chi connectivity index (χ2v) is 8.71. The van der Waals surface area contributed by atoms with E-state index in [1.807, 2.05) is 36.9 Å². The Bertz CT molecular complexity index is 1070. The Morgan fingerprint density at radius 2 is 1.83 bits per heavy atom. The van der Waals surface area contributed by atoms with Gasteiger partial charge in [-0.15, -0.1) is 0 Å². The summed E-state index contributed by atoms with van der Waals surface area (Å²) in [5.41, 5.74) is 2.93. The van der Waals surface area contributed by atoms with Crippen LogP contribution in [-0.2, 0) is 11.3 Å². The molecule has 0 radical (unpaired) electrons. The highest BCUT2D eigenvalue weighted by Crippen LogP contribution is 2.21. The number of carbonyl (C=O) groups excluding carboxylic acids is 1. The van der Waals surface area contributed by atoms with E-state index in [1.54, 1.807) is 10.6 Å². The maximum absolute atomic E-state index is 13.0. The molecule has 5 nitrogen and oxygen atoms in total. The van der Waals surface area contributed by atoms with Gasteiger partial charge in [0.25, 0.3) is 5.56 Å². The number of rotatable bonds is 8. The predicted molar refractivity (Wildman–Crippen MR) is 124 cm³/mol. The number of hydrogen-bond donors (Lipinski definition) is 0. The van der Waals surface area contributed by atoms with E-state index < -0.39 is 0 Å². The lowest BCUT2D eigenvalue weighted by Crippen LogP contribution is -2.33. The fourth-order valence-electron chi connectivity index (χ4n) is 3.38. The van der Waals surface area contributed by atoms with E-state index in [-0.39, 0.29) is 23.3 Å². The Labute approximate surface area is 182 Å². The first-order valence-corrected chi connectivity index (χ1v) is 11.4. The molecule has 0 aliphatic rings. The van der Waals surface area contributed by atoms with Crippen LogP contribution in [0.15, 0.2) is 58.5 Å². The van der Waals surface area contributed by atoms with Crippen LogP contribution < -0.4 is 5.56 Å². The third-order valence-electron chi connectivity index (χ3n) is 4.96. The molecular weight excluding hydrogens is 394 g/mol. The Hall–Kier alpha value is -2.60. The number of fused-ring (bicyclic) bond motifs is 1. The van der Waals surface area contributed by atoms with E-state index in [1.165, 1.54) is 17.3 Å². The predicted octanol–water partition coefficient (Wildman–Crippen LogP) is 4.82. The SMILES string of the molecule is CCCN(Cc1ccc(C)cc1)C(=O)CSc1nc2ccccc2c(=O)n1C(C)C. The van der Waals surface area contributed by atoms with Crippen molar-refractivity contribution >= 4 is 28.6 Å². The molecule has 6 heteroatoms. The van der Waals surface area contributed by atoms with Crippen molar-refractivity contribution in [2.45, 2.75) is 51.9 Å². The molecule has 1 amide bonds. The molecule has 1 heterocycles. The number of benzene rings is 2. The number of aromatic nitrogens is 2. The van der Waals surface area contributed by atoms with Gasteiger partial charge >= 0.3 is 0 Å². The van der Waals surface area contributed by atoms with Crippen LogP contribution in [0.5, 0.6) is 0 Å². The zero-order chi connectivity index (χ0) is 21.7. The molecule has 3 rings (SSSR count). The lowest BCUT2D eigenvalue weighted by atomic mass is 10.1. The lowest BCUT2D eigenvalue weighted by molar-refractivity contribution is -0.129. The van der Waals surface area contributed by atoms with Gasteiger partial charge in [-0.2, -0.15) is 0 Å². The molecule has 0 aliphatic heterocycles. The second-order valence-electron chi connectivity index (χ2n) is 7.77. The third-order valence-corrected chi connectivity index (χ3v) is 5.89. The number of nitrogens with zero attached hydrogens (tertiary/aromatic N) is 3. The van der Waals surface area contributed by atoms with Crippen LogP contribution >= 0.6 is 11.8 Å². The Morgan fingerprint density at radius 3 is 2.50 bits per heavy atom. The van der Waals surface area contributed by atoms with E-state index in [2.05, 4.69) is 43.1 Å². The molecular formula is C24H29N3O2S. The second kappa shape index (κ2) is 9.94. The molecule has 0 N–H and O–H groups in total. The molecule has 30 heavy (non-hydrogen) atoms. The summed E-state index contributed by atoms with van der Waals surface area (Å²) in [4.78, 5) is 32.5. The van der Waals surface area contributed by atoms with Crippen LogP contribution in [0.3, 0.4) is 0 Å². The zero-order valence-corrected chi connectivity index (χ0v) is 18.9. The molecule has 0 aliphatic carbocycles. The van der Waals surface area contributed by atoms with Gasteiger partial charge in [0.1, 0.15) is 0 Å². The van der Waals surface area contributed by atoms with Crippen molar-refractivity contribution < 1.29 is 4.79 Å². The van der Waals surface area contributed by atoms with Crippen molar-refractivity contribution in [2.24, 2.45) is 0 Å². The largest absolute Gasteiger partial charge is 0.338 e. The van der Waals surface area contributed by atoms with E-state index in [0.29, 0.717) is 29.1 Å². The van der Waals surface area contributed by atoms with Crippen molar-refractivity contribution in [3.8, 4) is 0 Å². The average molecular weight is 424 g/mol. The summed E-state index contributed by atoms with van der Waals surface area (Å²) in [7, 11) is 0. The average Bonchev–Trinajstić information content (AvgIpc) is 2.73. The lowest BCUT2D eigenvalue weighted by Gasteiger charge is -2.23. The van der Waals surface area contributed by atoms with Crippen LogP contribution in [-0.4, -0.2) is 32.7 Å². The Balaban J connectivity index is 1.81. The standard InChI is InChI=1S/C24H29N3O2S/c1-5-14-26(15-19-12-10-18(4)11-13-19)22(28)16-30-24-25-21-9-7-6-8-20(21)23(29)27(24)17(2)3/h6-13,17H,5,14-16H2,1-4H3. The molecule has 0 saturated carbocycles. The van der Waals surface area contributed by atoms with Crippen LogP contribution in [0.25, 0.3) is 10.9 Å². The monoisotopic (exact) mass is 423 g/mol. The maximum atomic E-state index is 13.0. The minimum absolute atomic E-state index is 0.0356. The summed E-state index contributed by atoms with van der Waals surface area (Å²) in [5.74, 6) is 0.309. The summed E-state index contributed by atoms with van der Waals surface area (Å²) in [6.45, 7) is 9.35. The summed E-state index contributed by atoms with van der Waals surface area (Å²) < 4.78 is 1.68. The third kappa shape index (κ3) is 5.11. The summed E-state index contributed by atoms with van der Waals surface area (Å²) in [6, 6.07) is 15.6. The number of carbonyl (C=O) groups is 1. The number of aryl methyl sites for hydroxylation is 1. The fraction of sp³-hybridized carbons (Fsp3) is 0.375. The first-order chi connectivity index (χ1) is 14.4. The molecule has 3 aromatic rings. The smallest absolute Gasteiger partial charge is 0.262 e. The van der Waals surface area contributed by atoms with E-state index in [4.69, 9.17) is 0 Å². The zero-order valence-electron chi connectivity index (χ0n) is 18.1. The van der Waals surface area contributed by atoms with Crippen molar-refractivity contribution in [3.05, 3.63) is 70.0 Å². The maximum Gasteiger partial charge on any atom is 0.262 e. The van der Waals surface area contributed by atoms with Gasteiger partial charge < -0.3 is 4.90 Å². The first kappa shape index (κ1) is 22.1. The molecule has 0 saturated heterocycles. The van der Waals surface area contributed by atoms with E-state index in [0.717, 1.165) is 12.0 Å². The number of para-hydroxylation sites is 1. The minimum Gasteiger partial charge on any atom is -0.338 e. The minimum atomic E-state index is -0.0596. The highest BCUT2D eigenvalue weighted by molar-refractivity contribution is 7.99. The first-order valence-electron chi connectivity index (χ1n) is 10.4. The van der Waals surface area contributed by atoms with Crippen LogP contribution in [0.2, 0.25) is 0 Å². The number of thioether (sulfide) groups is 1. The Kier molecular flexibility index (Phi) is 7.32. The molecule has 1 aromatic heterocycles. The van der Waals surface area contributed by atoms with E-state index >= 15 is 0 Å². The van der Waals surface area contributed by atoms with Crippen LogP contribution in [0.4, 0.5) is 0 Å². The molecule has 0 spiro atoms. The quantitative estimate of drug-likeness (QED) is 0.385. The van der Waals surface area contributed by atoms with Crippen molar-refractivity contribution in [3.63, 3.8) is 0 Å². The van der Waals surface area contributed by atoms with Gasteiger partial charge in [0.2, 0.25) is 5.91 Å². The van der Waals surface area contributed by atoms with E-state index in [9.17, 15) is 9.59 Å². The Morgan fingerprint density at radius 1 is 1.13 bits per heavy atom. The molecule has 2 aromatic carbocycles. The number of amides is 1. The van der Waals surface area contributed by atoms with Gasteiger partial charge in [0.15, 0.2) is 5.16 Å². The van der Waals surface area contributed by atoms with Gasteiger partial charge in [-0.3, -0.25) is 14.2 Å². The van der Waals surface area contributed by atoms with Crippen molar-refractivity contribution in [2.75, 3.05) is 12.3 Å². The molecule has 0 atom stereocenters. The van der Waals surface area contributed by atoms with Crippen molar-refractivity contribution in [1.82, 2.24) is 14.5 Å². The van der Waals surface area contributed by atoms with Gasteiger partial charge in [0, 0.05) is 19.1 Å².